The molecule has 180 valence electrons. The van der Waals surface area contributed by atoms with Gasteiger partial charge in [-0.1, -0.05) is 48.5 Å². The third-order valence-electron chi connectivity index (χ3n) is 5.59. The van der Waals surface area contributed by atoms with E-state index in [-0.39, 0.29) is 35.8 Å². The first-order valence-corrected chi connectivity index (χ1v) is 11.4. The second-order valence-corrected chi connectivity index (χ2v) is 8.22. The van der Waals surface area contributed by atoms with Crippen molar-refractivity contribution >= 4 is 46.6 Å². The molecule has 1 N–H and O–H groups in total. The van der Waals surface area contributed by atoms with Gasteiger partial charge < -0.3 is 15.3 Å². The highest BCUT2D eigenvalue weighted by Gasteiger charge is 2.44. The molecule has 35 heavy (non-hydrogen) atoms. The number of carbonyl (C=O) groups excluding carboxylic acids is 2. The Hall–Kier alpha value is -4.12. The Labute approximate surface area is 207 Å². The number of thiocarbonyl (C=S) groups is 1. The van der Waals surface area contributed by atoms with Crippen LogP contribution in [0.2, 0.25) is 0 Å². The monoisotopic (exact) mass is 492 g/mol. The number of aliphatic imine (C=N–C) groups is 1. The summed E-state index contributed by atoms with van der Waals surface area (Å²) in [5, 5.41) is 19.6. The number of nitrogens with zero attached hydrogens (tertiary/aromatic N) is 5. The lowest BCUT2D eigenvalue weighted by molar-refractivity contribution is -0.746. The van der Waals surface area contributed by atoms with Crippen molar-refractivity contribution in [3.05, 3.63) is 71.9 Å². The fourth-order valence-electron chi connectivity index (χ4n) is 3.77. The van der Waals surface area contributed by atoms with Crippen molar-refractivity contribution in [2.45, 2.75) is 25.9 Å². The number of likely N-dealkylation sites (N-methyl/N-ethyl adjacent to an activating group) is 1. The van der Waals surface area contributed by atoms with Crippen LogP contribution in [-0.2, 0) is 23.2 Å². The number of para-hydroxylation sites is 1. The lowest BCUT2D eigenvalue weighted by atomic mass is 10.1. The second-order valence-electron chi connectivity index (χ2n) is 7.86. The molecule has 4 rings (SSSR count). The first kappa shape index (κ1) is 24.0. The normalized spacial score (nSPS) is 16.2. The minimum Gasteiger partial charge on any atom is -0.858 e. The summed E-state index contributed by atoms with van der Waals surface area (Å²) in [7, 11) is 1.64. The average molecular weight is 493 g/mol. The summed E-state index contributed by atoms with van der Waals surface area (Å²) in [6.45, 7) is 2.25. The Kier molecular flexibility index (Phi) is 7.16. The molecule has 11 heteroatoms. The van der Waals surface area contributed by atoms with Crippen LogP contribution in [0, 0.1) is 0 Å². The molecule has 1 unspecified atom stereocenters. The minimum absolute atomic E-state index is 0.0130. The number of aryl methyl sites for hydroxylation is 1. The molecule has 1 aromatic heterocycles. The quantitative estimate of drug-likeness (QED) is 0.218. The van der Waals surface area contributed by atoms with E-state index in [0.29, 0.717) is 23.5 Å². The highest BCUT2D eigenvalue weighted by atomic mass is 32.1. The van der Waals surface area contributed by atoms with E-state index in [0.717, 1.165) is 0 Å². The Balaban J connectivity index is 1.59. The van der Waals surface area contributed by atoms with Crippen LogP contribution in [0.15, 0.2) is 70.2 Å². The molecule has 0 radical (unpaired) electrons. The predicted molar refractivity (Wildman–Crippen MR) is 129 cm³/mol. The van der Waals surface area contributed by atoms with Gasteiger partial charge in [-0.05, 0) is 47.4 Å². The number of aromatic nitrogens is 2. The first-order valence-electron chi connectivity index (χ1n) is 11.0. The predicted octanol–water partition coefficient (Wildman–Crippen LogP) is 1.28. The van der Waals surface area contributed by atoms with E-state index in [1.807, 2.05) is 25.1 Å². The van der Waals surface area contributed by atoms with Gasteiger partial charge in [-0.3, -0.25) is 19.0 Å². The number of hydrogen-bond donors (Lipinski definition) is 1. The first-order chi connectivity index (χ1) is 16.9. The highest BCUT2D eigenvalue weighted by Crippen LogP contribution is 2.26. The summed E-state index contributed by atoms with van der Waals surface area (Å²) >= 11 is 5.56. The van der Waals surface area contributed by atoms with Crippen LogP contribution < -0.4 is 15.1 Å². The van der Waals surface area contributed by atoms with Crippen molar-refractivity contribution in [3.8, 4) is 0 Å². The third-order valence-corrected chi connectivity index (χ3v) is 6.04. The Morgan fingerprint density at radius 1 is 1.20 bits per heavy atom. The molecule has 1 saturated heterocycles. The lowest BCUT2D eigenvalue weighted by Crippen LogP contribution is -2.42. The maximum Gasteiger partial charge on any atom is 0.325 e. The molecule has 0 spiro atoms. The number of benzene rings is 2. The molecule has 1 fully saturated rings. The second kappa shape index (κ2) is 10.4. The van der Waals surface area contributed by atoms with E-state index in [9.17, 15) is 14.7 Å². The summed E-state index contributed by atoms with van der Waals surface area (Å²) in [6, 6.07) is 16.8. The molecule has 2 aromatic carbocycles. The number of carbonyl (C=O) groups is 2. The molecule has 0 bridgehead atoms. The van der Waals surface area contributed by atoms with Crippen molar-refractivity contribution < 1.29 is 23.9 Å². The lowest BCUT2D eigenvalue weighted by Gasteiger charge is -2.21. The molecule has 0 saturated carbocycles. The molecular formula is C24H24N6O4S. The van der Waals surface area contributed by atoms with Crippen LogP contribution in [0.5, 0.6) is 0 Å². The van der Waals surface area contributed by atoms with E-state index in [4.69, 9.17) is 16.7 Å². The maximum absolute atomic E-state index is 13.1. The van der Waals surface area contributed by atoms with Crippen LogP contribution >= 0.6 is 12.2 Å². The fraction of sp³-hybridized carbons (Fsp3) is 0.250. The molecule has 1 atom stereocenters. The van der Waals surface area contributed by atoms with Gasteiger partial charge in [-0.25, -0.2) is 4.99 Å². The molecule has 0 aliphatic carbocycles. The zero-order valence-corrected chi connectivity index (χ0v) is 20.1. The van der Waals surface area contributed by atoms with E-state index in [1.165, 1.54) is 9.58 Å². The van der Waals surface area contributed by atoms with Gasteiger partial charge in [-0.15, -0.1) is 0 Å². The van der Waals surface area contributed by atoms with Gasteiger partial charge >= 0.3 is 5.88 Å². The summed E-state index contributed by atoms with van der Waals surface area (Å²) in [5.74, 6) is -1.06. The SMILES string of the molecule is CCN1C(=O)C(CC(=O)Nc2ccccc2)N(Cc2c(/N=C(\[O-])c3ccccc3)on[n+]2C)C1=S. The molecule has 10 nitrogen and oxygen atoms in total. The number of amides is 2. The summed E-state index contributed by atoms with van der Waals surface area (Å²) in [6.07, 6.45) is -0.102. The van der Waals surface area contributed by atoms with E-state index in [1.54, 1.807) is 54.4 Å². The van der Waals surface area contributed by atoms with E-state index in [2.05, 4.69) is 15.6 Å². The van der Waals surface area contributed by atoms with Gasteiger partial charge in [-0.2, -0.15) is 0 Å². The molecule has 1 aliphatic rings. The summed E-state index contributed by atoms with van der Waals surface area (Å²) in [5.41, 5.74) is 1.48. The van der Waals surface area contributed by atoms with Gasteiger partial charge in [0.1, 0.15) is 12.6 Å². The van der Waals surface area contributed by atoms with Crippen molar-refractivity contribution in [3.63, 3.8) is 0 Å². The van der Waals surface area contributed by atoms with Crippen LogP contribution in [0.1, 0.15) is 24.6 Å². The molecule has 2 heterocycles. The standard InChI is InChI=1S/C24H24N6O4S/c1-3-29-23(33)18(14-20(31)25-17-12-8-5-9-13-17)30(24(29)35)15-19-22(34-27-28(19)2)26-21(32)16-10-6-4-7-11-16/h4-13,18H,3,14-15H2,1-2H3,(H-,25,26,27,31,32). The van der Waals surface area contributed by atoms with Gasteiger partial charge in [0.05, 0.1) is 6.42 Å². The van der Waals surface area contributed by atoms with Crippen molar-refractivity contribution in [1.29, 1.82) is 0 Å². The molecule has 2 amide bonds. The highest BCUT2D eigenvalue weighted by molar-refractivity contribution is 7.80. The zero-order chi connectivity index (χ0) is 24.9. The molecule has 1 aliphatic heterocycles. The third kappa shape index (κ3) is 5.19. The van der Waals surface area contributed by atoms with Crippen LogP contribution in [0.25, 0.3) is 0 Å². The summed E-state index contributed by atoms with van der Waals surface area (Å²) < 4.78 is 6.72. The number of rotatable bonds is 8. The largest absolute Gasteiger partial charge is 0.858 e. The van der Waals surface area contributed by atoms with Crippen LogP contribution in [0.4, 0.5) is 11.6 Å². The number of nitrogens with one attached hydrogen (secondary N) is 1. The van der Waals surface area contributed by atoms with Crippen LogP contribution in [0.3, 0.4) is 0 Å². The average Bonchev–Trinajstić information content (AvgIpc) is 3.31. The number of hydrogen-bond acceptors (Lipinski definition) is 7. The van der Waals surface area contributed by atoms with Gasteiger partial charge in [0.25, 0.3) is 11.6 Å². The molecule has 3 aromatic rings. The summed E-state index contributed by atoms with van der Waals surface area (Å²) in [4.78, 5) is 33.0. The number of anilines is 1. The zero-order valence-electron chi connectivity index (χ0n) is 19.2. The smallest absolute Gasteiger partial charge is 0.325 e. The van der Waals surface area contributed by atoms with Crippen molar-refractivity contribution in [2.75, 3.05) is 11.9 Å². The van der Waals surface area contributed by atoms with Gasteiger partial charge in [0, 0.05) is 12.2 Å². The minimum atomic E-state index is -0.821. The van der Waals surface area contributed by atoms with Gasteiger partial charge in [0.2, 0.25) is 11.2 Å². The molecular weight excluding hydrogens is 468 g/mol. The van der Waals surface area contributed by atoms with Crippen molar-refractivity contribution in [1.82, 2.24) is 15.1 Å². The fourth-order valence-corrected chi connectivity index (χ4v) is 4.18. The topological polar surface area (TPSA) is 118 Å². The maximum atomic E-state index is 13.1. The Bertz CT molecular complexity index is 1260. The van der Waals surface area contributed by atoms with E-state index < -0.39 is 11.9 Å². The van der Waals surface area contributed by atoms with Crippen LogP contribution in [-0.4, -0.2) is 50.5 Å². The van der Waals surface area contributed by atoms with Gasteiger partial charge in [0.15, 0.2) is 12.2 Å². The Morgan fingerprint density at radius 3 is 2.51 bits per heavy atom. The Morgan fingerprint density at radius 2 is 1.86 bits per heavy atom. The van der Waals surface area contributed by atoms with Crippen molar-refractivity contribution in [2.24, 2.45) is 12.0 Å². The van der Waals surface area contributed by atoms with E-state index >= 15 is 0 Å².